The van der Waals surface area contributed by atoms with Gasteiger partial charge in [0.05, 0.1) is 12.2 Å². The summed E-state index contributed by atoms with van der Waals surface area (Å²) in [7, 11) is 0. The summed E-state index contributed by atoms with van der Waals surface area (Å²) in [5.41, 5.74) is 5.96. The van der Waals surface area contributed by atoms with Gasteiger partial charge in [-0.05, 0) is 49.3 Å². The summed E-state index contributed by atoms with van der Waals surface area (Å²) in [5.74, 6) is -1.53. The first-order valence-corrected chi connectivity index (χ1v) is 10.4. The van der Waals surface area contributed by atoms with Crippen molar-refractivity contribution in [3.8, 4) is 11.8 Å². The largest absolute Gasteiger partial charge is 0.486 e. The van der Waals surface area contributed by atoms with E-state index in [0.29, 0.717) is 30.6 Å². The van der Waals surface area contributed by atoms with E-state index in [0.717, 1.165) is 18.9 Å². The zero-order valence-corrected chi connectivity index (χ0v) is 17.6. The van der Waals surface area contributed by atoms with Crippen LogP contribution in [0.1, 0.15) is 60.3 Å². The highest BCUT2D eigenvalue weighted by Gasteiger charge is 2.51. The number of nitrogens with two attached hydrogens (primary N) is 1. The molecule has 32 heavy (non-hydrogen) atoms. The average molecular weight is 441 g/mol. The number of rotatable bonds is 6. The summed E-state index contributed by atoms with van der Waals surface area (Å²) in [6.07, 6.45) is 3.71. The summed E-state index contributed by atoms with van der Waals surface area (Å²) in [6, 6.07) is 5.61. The number of carbonyl (C=O) groups excluding carboxylic acids is 1. The molecule has 2 aromatic rings. The standard InChI is InChI=1S/C22H24FN5O4/c1-22(5-6-22)19-9-15(4-7-27(19)21(30)31)28-17(10-24)14(11-26-28)12-32-18-3-2-13(20(25)29)8-16(18)23/h2-3,8,11,15,19H,4-7,9,12H2,1H3,(H2,25,29)(H,30,31). The molecule has 3 N–H and O–H groups in total. The van der Waals surface area contributed by atoms with Crippen molar-refractivity contribution in [3.63, 3.8) is 0 Å². The summed E-state index contributed by atoms with van der Waals surface area (Å²) >= 11 is 0. The number of piperidine rings is 1. The number of likely N-dealkylation sites (tertiary alicyclic amines) is 1. The fourth-order valence-electron chi connectivity index (χ4n) is 4.42. The lowest BCUT2D eigenvalue weighted by atomic mass is 9.86. The summed E-state index contributed by atoms with van der Waals surface area (Å²) in [5, 5.41) is 23.7. The first kappa shape index (κ1) is 21.6. The third kappa shape index (κ3) is 3.98. The van der Waals surface area contributed by atoms with Gasteiger partial charge >= 0.3 is 6.09 Å². The molecule has 2 heterocycles. The molecule has 0 radical (unpaired) electrons. The molecule has 1 saturated heterocycles. The van der Waals surface area contributed by atoms with Crippen molar-refractivity contribution in [2.75, 3.05) is 6.54 Å². The van der Waals surface area contributed by atoms with Gasteiger partial charge in [-0.1, -0.05) is 6.92 Å². The van der Waals surface area contributed by atoms with Crippen LogP contribution in [0.2, 0.25) is 0 Å². The number of aromatic nitrogens is 2. The Labute approximate surface area is 184 Å². The van der Waals surface area contributed by atoms with E-state index < -0.39 is 17.8 Å². The molecule has 2 atom stereocenters. The maximum Gasteiger partial charge on any atom is 0.407 e. The van der Waals surface area contributed by atoms with Gasteiger partial charge in [-0.3, -0.25) is 9.48 Å². The molecular weight excluding hydrogens is 417 g/mol. The van der Waals surface area contributed by atoms with Gasteiger partial charge in [0.1, 0.15) is 18.4 Å². The van der Waals surface area contributed by atoms with Crippen molar-refractivity contribution >= 4 is 12.0 Å². The number of benzene rings is 1. The van der Waals surface area contributed by atoms with Gasteiger partial charge in [-0.25, -0.2) is 9.18 Å². The van der Waals surface area contributed by atoms with Gasteiger partial charge in [-0.15, -0.1) is 0 Å². The molecule has 168 valence electrons. The molecule has 9 nitrogen and oxygen atoms in total. The molecule has 1 aliphatic carbocycles. The molecule has 0 bridgehead atoms. The summed E-state index contributed by atoms with van der Waals surface area (Å²) in [4.78, 5) is 24.4. The minimum absolute atomic E-state index is 0.0302. The van der Waals surface area contributed by atoms with E-state index in [2.05, 4.69) is 18.1 Å². The molecule has 1 aromatic carbocycles. The fourth-order valence-corrected chi connectivity index (χ4v) is 4.42. The van der Waals surface area contributed by atoms with E-state index in [1.165, 1.54) is 23.2 Å². The Balaban J connectivity index is 1.51. The first-order chi connectivity index (χ1) is 15.2. The van der Waals surface area contributed by atoms with Crippen LogP contribution in [0.15, 0.2) is 24.4 Å². The second-order valence-electron chi connectivity index (χ2n) is 8.70. The minimum Gasteiger partial charge on any atom is -0.486 e. The summed E-state index contributed by atoms with van der Waals surface area (Å²) < 4.78 is 21.3. The fraction of sp³-hybridized carbons (Fsp3) is 0.455. The van der Waals surface area contributed by atoms with Crippen LogP contribution >= 0.6 is 0 Å². The van der Waals surface area contributed by atoms with Gasteiger partial charge in [0.25, 0.3) is 0 Å². The number of ether oxygens (including phenoxy) is 1. The third-order valence-electron chi connectivity index (χ3n) is 6.59. The van der Waals surface area contributed by atoms with Crippen molar-refractivity contribution in [1.82, 2.24) is 14.7 Å². The van der Waals surface area contributed by atoms with Crippen molar-refractivity contribution in [3.05, 3.63) is 47.0 Å². The Morgan fingerprint density at radius 3 is 2.78 bits per heavy atom. The number of nitriles is 1. The highest BCUT2D eigenvalue weighted by molar-refractivity contribution is 5.92. The lowest BCUT2D eigenvalue weighted by molar-refractivity contribution is 0.0605. The van der Waals surface area contributed by atoms with Crippen molar-refractivity contribution in [2.45, 2.75) is 51.3 Å². The quantitative estimate of drug-likeness (QED) is 0.707. The van der Waals surface area contributed by atoms with Gasteiger partial charge < -0.3 is 20.5 Å². The summed E-state index contributed by atoms with van der Waals surface area (Å²) in [6.45, 7) is 2.40. The Morgan fingerprint density at radius 2 is 2.19 bits per heavy atom. The first-order valence-electron chi connectivity index (χ1n) is 10.4. The van der Waals surface area contributed by atoms with Crippen LogP contribution in [-0.4, -0.2) is 44.4 Å². The molecule has 1 aliphatic heterocycles. The van der Waals surface area contributed by atoms with Crippen LogP contribution in [0.5, 0.6) is 5.75 Å². The predicted octanol–water partition coefficient (Wildman–Crippen LogP) is 3.06. The van der Waals surface area contributed by atoms with Crippen LogP contribution in [0, 0.1) is 22.6 Å². The van der Waals surface area contributed by atoms with Crippen molar-refractivity contribution in [2.24, 2.45) is 11.1 Å². The highest BCUT2D eigenvalue weighted by atomic mass is 19.1. The maximum atomic E-state index is 14.2. The van der Waals surface area contributed by atoms with Crippen LogP contribution < -0.4 is 10.5 Å². The number of amides is 2. The molecule has 1 aromatic heterocycles. The number of halogens is 1. The minimum atomic E-state index is -0.916. The number of carboxylic acid groups (broad SMARTS) is 1. The third-order valence-corrected chi connectivity index (χ3v) is 6.59. The normalized spacial score (nSPS) is 21.6. The van der Waals surface area contributed by atoms with Crippen LogP contribution in [0.3, 0.4) is 0 Å². The predicted molar refractivity (Wildman–Crippen MR) is 110 cm³/mol. The molecule has 0 spiro atoms. The number of hydrogen-bond donors (Lipinski definition) is 2. The number of hydrogen-bond acceptors (Lipinski definition) is 5. The maximum absolute atomic E-state index is 14.2. The lowest BCUT2D eigenvalue weighted by Gasteiger charge is -2.41. The molecule has 2 amide bonds. The molecule has 2 fully saturated rings. The lowest BCUT2D eigenvalue weighted by Crippen LogP contribution is -2.49. The number of primary amides is 1. The SMILES string of the molecule is CC1(C2CC(n3ncc(COc4ccc(C(N)=O)cc4F)c3C#N)CCN2C(=O)O)CC1. The topological polar surface area (TPSA) is 134 Å². The van der Waals surface area contributed by atoms with E-state index in [9.17, 15) is 24.3 Å². The molecule has 2 unspecified atom stereocenters. The van der Waals surface area contributed by atoms with E-state index in [-0.39, 0.29) is 35.4 Å². The Hall–Kier alpha value is -3.61. The molecule has 4 rings (SSSR count). The van der Waals surface area contributed by atoms with Crippen molar-refractivity contribution < 1.29 is 23.8 Å². The zero-order chi connectivity index (χ0) is 23.0. The van der Waals surface area contributed by atoms with Crippen LogP contribution in [-0.2, 0) is 6.61 Å². The van der Waals surface area contributed by atoms with E-state index in [4.69, 9.17) is 10.5 Å². The van der Waals surface area contributed by atoms with Gasteiger partial charge in [0.15, 0.2) is 11.6 Å². The second kappa shape index (κ2) is 8.15. The van der Waals surface area contributed by atoms with Crippen LogP contribution in [0.4, 0.5) is 9.18 Å². The molecular formula is C22H24FN5O4. The van der Waals surface area contributed by atoms with Gasteiger partial charge in [0, 0.05) is 23.7 Å². The molecule has 2 aliphatic rings. The van der Waals surface area contributed by atoms with E-state index >= 15 is 0 Å². The Morgan fingerprint density at radius 1 is 1.44 bits per heavy atom. The Bertz CT molecular complexity index is 1100. The van der Waals surface area contributed by atoms with Gasteiger partial charge in [-0.2, -0.15) is 10.4 Å². The van der Waals surface area contributed by atoms with E-state index in [1.807, 2.05) is 0 Å². The van der Waals surface area contributed by atoms with Gasteiger partial charge in [0.2, 0.25) is 5.91 Å². The second-order valence-corrected chi connectivity index (χ2v) is 8.70. The highest BCUT2D eigenvalue weighted by Crippen LogP contribution is 2.53. The smallest absolute Gasteiger partial charge is 0.407 e. The average Bonchev–Trinajstić information content (AvgIpc) is 3.38. The Kier molecular flexibility index (Phi) is 5.50. The zero-order valence-electron chi connectivity index (χ0n) is 17.6. The van der Waals surface area contributed by atoms with Crippen LogP contribution in [0.25, 0.3) is 0 Å². The molecule has 10 heteroatoms. The monoisotopic (exact) mass is 441 g/mol. The number of nitrogens with zero attached hydrogens (tertiary/aromatic N) is 4. The number of carbonyl (C=O) groups is 2. The van der Waals surface area contributed by atoms with Crippen molar-refractivity contribution in [1.29, 1.82) is 5.26 Å². The van der Waals surface area contributed by atoms with E-state index in [1.54, 1.807) is 4.68 Å². The molecule has 1 saturated carbocycles.